The van der Waals surface area contributed by atoms with Crippen LogP contribution in [0.4, 0.5) is 18.9 Å². The maximum Gasteiger partial charge on any atom is 0.490 e. The SMILES string of the molecule is CC(C)(C)OC(=O)C(F)(F)F.Cn1cc(NC2CN3CCC2CC3)cn1. The van der Waals surface area contributed by atoms with Crippen LogP contribution < -0.4 is 5.32 Å². The summed E-state index contributed by atoms with van der Waals surface area (Å²) in [6, 6.07) is 0.636. The third kappa shape index (κ3) is 6.19. The molecule has 0 radical (unpaired) electrons. The van der Waals surface area contributed by atoms with Crippen LogP contribution >= 0.6 is 0 Å². The molecule has 1 atom stereocenters. The van der Waals surface area contributed by atoms with Crippen molar-refractivity contribution in [2.45, 2.75) is 51.4 Å². The van der Waals surface area contributed by atoms with Crippen molar-refractivity contribution in [1.82, 2.24) is 14.7 Å². The highest BCUT2D eigenvalue weighted by Gasteiger charge is 2.42. The van der Waals surface area contributed by atoms with Gasteiger partial charge in [0.15, 0.2) is 0 Å². The molecule has 1 unspecified atom stereocenters. The highest BCUT2D eigenvalue weighted by molar-refractivity contribution is 5.75. The minimum atomic E-state index is -4.90. The molecule has 6 nitrogen and oxygen atoms in total. The van der Waals surface area contributed by atoms with Crippen molar-refractivity contribution in [3.63, 3.8) is 0 Å². The van der Waals surface area contributed by atoms with E-state index in [1.807, 2.05) is 17.9 Å². The minimum absolute atomic E-state index is 0.636. The number of nitrogens with zero attached hydrogens (tertiary/aromatic N) is 3. The summed E-state index contributed by atoms with van der Waals surface area (Å²) < 4.78 is 40.4. The lowest BCUT2D eigenvalue weighted by molar-refractivity contribution is -0.210. The molecule has 3 aliphatic rings. The molecule has 1 aromatic heterocycles. The van der Waals surface area contributed by atoms with Crippen molar-refractivity contribution in [3.05, 3.63) is 12.4 Å². The Morgan fingerprint density at radius 1 is 1.27 bits per heavy atom. The Balaban J connectivity index is 0.000000199. The van der Waals surface area contributed by atoms with Gasteiger partial charge in [0.05, 0.1) is 11.9 Å². The molecule has 0 amide bonds. The largest absolute Gasteiger partial charge is 0.490 e. The smallest absolute Gasteiger partial charge is 0.453 e. The zero-order chi connectivity index (χ0) is 19.5. The molecule has 3 fully saturated rings. The molecule has 1 aromatic rings. The molecule has 26 heavy (non-hydrogen) atoms. The number of rotatable bonds is 2. The number of fused-ring (bicyclic) bond motifs is 3. The Hall–Kier alpha value is -1.77. The van der Waals surface area contributed by atoms with Gasteiger partial charge in [0.2, 0.25) is 0 Å². The number of carbonyl (C=O) groups is 1. The molecular weight excluding hydrogens is 349 g/mol. The second-order valence-corrected chi connectivity index (χ2v) is 7.79. The molecule has 0 aliphatic carbocycles. The Morgan fingerprint density at radius 2 is 1.88 bits per heavy atom. The highest BCUT2D eigenvalue weighted by Crippen LogP contribution is 2.29. The van der Waals surface area contributed by atoms with Gasteiger partial charge in [0.25, 0.3) is 0 Å². The summed E-state index contributed by atoms with van der Waals surface area (Å²) >= 11 is 0. The van der Waals surface area contributed by atoms with E-state index >= 15 is 0 Å². The van der Waals surface area contributed by atoms with Gasteiger partial charge in [-0.15, -0.1) is 0 Å². The van der Waals surface area contributed by atoms with Gasteiger partial charge in [0, 0.05) is 25.8 Å². The number of hydrogen-bond acceptors (Lipinski definition) is 5. The summed E-state index contributed by atoms with van der Waals surface area (Å²) in [5.74, 6) is -1.28. The topological polar surface area (TPSA) is 59.4 Å². The van der Waals surface area contributed by atoms with E-state index in [9.17, 15) is 18.0 Å². The van der Waals surface area contributed by atoms with E-state index in [1.54, 1.807) is 0 Å². The van der Waals surface area contributed by atoms with E-state index in [4.69, 9.17) is 0 Å². The van der Waals surface area contributed by atoms with Gasteiger partial charge in [-0.25, -0.2) is 4.79 Å². The van der Waals surface area contributed by atoms with Crippen molar-refractivity contribution >= 4 is 11.7 Å². The van der Waals surface area contributed by atoms with Crippen LogP contribution in [0.1, 0.15) is 33.6 Å². The fraction of sp³-hybridized carbons (Fsp3) is 0.765. The molecule has 2 bridgehead atoms. The monoisotopic (exact) mass is 376 g/mol. The number of ether oxygens (including phenoxy) is 1. The van der Waals surface area contributed by atoms with Gasteiger partial charge in [-0.1, -0.05) is 0 Å². The summed E-state index contributed by atoms with van der Waals surface area (Å²) in [7, 11) is 1.96. The molecular formula is C17H27F3N4O2. The second kappa shape index (κ2) is 7.85. The van der Waals surface area contributed by atoms with Gasteiger partial charge in [-0.3, -0.25) is 4.68 Å². The van der Waals surface area contributed by atoms with Crippen molar-refractivity contribution in [2.24, 2.45) is 13.0 Å². The summed E-state index contributed by atoms with van der Waals surface area (Å²) in [6.07, 6.45) is 1.79. The van der Waals surface area contributed by atoms with Crippen molar-refractivity contribution in [2.75, 3.05) is 25.0 Å². The van der Waals surface area contributed by atoms with Gasteiger partial charge >= 0.3 is 12.1 Å². The minimum Gasteiger partial charge on any atom is -0.453 e. The standard InChI is InChI=1S/C11H18N4.C6H9F3O2/c1-14-7-10(6-12-14)13-11-8-15-4-2-9(11)3-5-15;1-5(2,3)11-4(10)6(7,8)9/h6-7,9,11,13H,2-5,8H2,1H3;1-3H3. The van der Waals surface area contributed by atoms with Crippen LogP contribution in [0, 0.1) is 5.92 Å². The van der Waals surface area contributed by atoms with Crippen molar-refractivity contribution < 1.29 is 22.7 Å². The first kappa shape index (κ1) is 20.5. The molecule has 3 aliphatic heterocycles. The summed E-state index contributed by atoms with van der Waals surface area (Å²) in [5.41, 5.74) is 0.0725. The van der Waals surface area contributed by atoms with Crippen LogP contribution in [0.5, 0.6) is 0 Å². The van der Waals surface area contributed by atoms with Crippen LogP contribution in [0.25, 0.3) is 0 Å². The van der Waals surface area contributed by atoms with Gasteiger partial charge < -0.3 is 15.0 Å². The van der Waals surface area contributed by atoms with E-state index in [0.29, 0.717) is 6.04 Å². The number of nitrogens with one attached hydrogen (secondary N) is 1. The number of hydrogen-bond donors (Lipinski definition) is 1. The van der Waals surface area contributed by atoms with Crippen LogP contribution in [0.15, 0.2) is 12.4 Å². The predicted octanol–water partition coefficient (Wildman–Crippen LogP) is 2.82. The molecule has 1 N–H and O–H groups in total. The third-order valence-electron chi connectivity index (χ3n) is 4.34. The van der Waals surface area contributed by atoms with Gasteiger partial charge in [0.1, 0.15) is 5.60 Å². The summed E-state index contributed by atoms with van der Waals surface area (Å²) in [4.78, 5) is 12.7. The lowest BCUT2D eigenvalue weighted by Gasteiger charge is -2.45. The fourth-order valence-electron chi connectivity index (χ4n) is 3.17. The molecule has 0 spiro atoms. The number of aryl methyl sites for hydroxylation is 1. The van der Waals surface area contributed by atoms with E-state index in [0.717, 1.165) is 11.6 Å². The van der Waals surface area contributed by atoms with E-state index in [1.165, 1.54) is 53.2 Å². The molecule has 3 saturated heterocycles. The Bertz CT molecular complexity index is 602. The Morgan fingerprint density at radius 3 is 2.23 bits per heavy atom. The van der Waals surface area contributed by atoms with Crippen molar-refractivity contribution in [3.8, 4) is 0 Å². The third-order valence-corrected chi connectivity index (χ3v) is 4.34. The number of anilines is 1. The normalized spacial score (nSPS) is 25.3. The Kier molecular flexibility index (Phi) is 6.21. The number of carbonyl (C=O) groups excluding carboxylic acids is 1. The maximum atomic E-state index is 11.5. The zero-order valence-corrected chi connectivity index (χ0v) is 15.6. The van der Waals surface area contributed by atoms with E-state index < -0.39 is 17.7 Å². The molecule has 148 valence electrons. The first-order valence-electron chi connectivity index (χ1n) is 8.72. The molecule has 0 saturated carbocycles. The number of esters is 1. The number of aromatic nitrogens is 2. The first-order valence-corrected chi connectivity index (χ1v) is 8.72. The first-order chi connectivity index (χ1) is 11.9. The quantitative estimate of drug-likeness (QED) is 0.805. The summed E-state index contributed by atoms with van der Waals surface area (Å²) in [6.45, 7) is 7.93. The number of piperidine rings is 3. The summed E-state index contributed by atoms with van der Waals surface area (Å²) in [5, 5.41) is 7.79. The Labute approximate surface area is 151 Å². The average Bonchev–Trinajstić information content (AvgIpc) is 2.92. The molecule has 4 heterocycles. The van der Waals surface area contributed by atoms with Gasteiger partial charge in [-0.05, 0) is 52.6 Å². The maximum absolute atomic E-state index is 11.5. The van der Waals surface area contributed by atoms with Gasteiger partial charge in [-0.2, -0.15) is 18.3 Å². The van der Waals surface area contributed by atoms with Crippen LogP contribution in [-0.4, -0.2) is 58.1 Å². The lowest BCUT2D eigenvalue weighted by atomic mass is 9.84. The molecule has 4 rings (SSSR count). The molecule has 9 heteroatoms. The fourth-order valence-corrected chi connectivity index (χ4v) is 3.17. The zero-order valence-electron chi connectivity index (χ0n) is 15.6. The predicted molar refractivity (Wildman–Crippen MR) is 91.7 cm³/mol. The average molecular weight is 376 g/mol. The van der Waals surface area contributed by atoms with E-state index in [2.05, 4.69) is 26.2 Å². The number of alkyl halides is 3. The number of halogens is 3. The van der Waals surface area contributed by atoms with Crippen LogP contribution in [0.2, 0.25) is 0 Å². The van der Waals surface area contributed by atoms with Crippen LogP contribution in [-0.2, 0) is 16.6 Å². The highest BCUT2D eigenvalue weighted by atomic mass is 19.4. The molecule has 0 aromatic carbocycles. The van der Waals surface area contributed by atoms with Crippen LogP contribution in [0.3, 0.4) is 0 Å². The van der Waals surface area contributed by atoms with Crippen molar-refractivity contribution in [1.29, 1.82) is 0 Å². The van der Waals surface area contributed by atoms with E-state index in [-0.39, 0.29) is 0 Å². The second-order valence-electron chi connectivity index (χ2n) is 7.79. The lowest BCUT2D eigenvalue weighted by Crippen LogP contribution is -2.53.